The first kappa shape index (κ1) is 19.9. The first-order valence-electron chi connectivity index (χ1n) is 8.67. The van der Waals surface area contributed by atoms with Gasteiger partial charge in [-0.15, -0.1) is 0 Å². The van der Waals surface area contributed by atoms with Gasteiger partial charge >= 0.3 is 0 Å². The summed E-state index contributed by atoms with van der Waals surface area (Å²) in [6.45, 7) is 3.91. The Morgan fingerprint density at radius 1 is 0.786 bits per heavy atom. The number of anilines is 3. The number of nitrogens with one attached hydrogen (secondary N) is 3. The van der Waals surface area contributed by atoms with E-state index < -0.39 is 10.0 Å². The number of sulfonamides is 1. The molecule has 28 heavy (non-hydrogen) atoms. The highest BCUT2D eigenvalue weighted by atomic mass is 32.2. The molecule has 0 fully saturated rings. The molecule has 0 saturated carbocycles. The number of rotatable bonds is 5. The summed E-state index contributed by atoms with van der Waals surface area (Å²) in [6, 6.07) is 21.5. The van der Waals surface area contributed by atoms with Crippen LogP contribution in [0.15, 0.2) is 77.7 Å². The molecule has 0 bridgehead atoms. The van der Waals surface area contributed by atoms with Crippen LogP contribution in [-0.2, 0) is 10.0 Å². The summed E-state index contributed by atoms with van der Waals surface area (Å²) in [5, 5.41) is 6.70. The van der Waals surface area contributed by atoms with Crippen molar-refractivity contribution >= 4 is 44.4 Å². The van der Waals surface area contributed by atoms with Gasteiger partial charge in [0.1, 0.15) is 0 Å². The molecular formula is C21H21N3O2S2. The van der Waals surface area contributed by atoms with Gasteiger partial charge in [0, 0.05) is 17.1 Å². The van der Waals surface area contributed by atoms with Gasteiger partial charge in [0.2, 0.25) is 0 Å². The second-order valence-corrected chi connectivity index (χ2v) is 8.48. The number of hydrogen-bond acceptors (Lipinski definition) is 3. The average Bonchev–Trinajstić information content (AvgIpc) is 2.65. The van der Waals surface area contributed by atoms with Gasteiger partial charge in [-0.1, -0.05) is 35.9 Å². The highest BCUT2D eigenvalue weighted by molar-refractivity contribution is 7.92. The lowest BCUT2D eigenvalue weighted by atomic mass is 10.2. The van der Waals surface area contributed by atoms with Crippen LogP contribution in [-0.4, -0.2) is 13.5 Å². The second kappa shape index (κ2) is 8.41. The molecule has 0 heterocycles. The fraction of sp³-hybridized carbons (Fsp3) is 0.0952. The number of hydrogen-bond donors (Lipinski definition) is 3. The zero-order valence-electron chi connectivity index (χ0n) is 15.6. The van der Waals surface area contributed by atoms with Gasteiger partial charge in [0.25, 0.3) is 10.0 Å². The van der Waals surface area contributed by atoms with E-state index in [1.807, 2.05) is 38.1 Å². The van der Waals surface area contributed by atoms with Gasteiger partial charge in [-0.3, -0.25) is 4.72 Å². The van der Waals surface area contributed by atoms with Crippen LogP contribution in [0.2, 0.25) is 0 Å². The van der Waals surface area contributed by atoms with Crippen LogP contribution in [0.4, 0.5) is 17.1 Å². The third kappa shape index (κ3) is 5.09. The summed E-state index contributed by atoms with van der Waals surface area (Å²) in [7, 11) is -3.62. The Hall–Kier alpha value is -2.90. The lowest BCUT2D eigenvalue weighted by Gasteiger charge is -2.13. The van der Waals surface area contributed by atoms with Crippen LogP contribution in [0.1, 0.15) is 11.1 Å². The lowest BCUT2D eigenvalue weighted by molar-refractivity contribution is 0.601. The minimum atomic E-state index is -3.62. The molecule has 7 heteroatoms. The molecule has 3 N–H and O–H groups in total. The van der Waals surface area contributed by atoms with Crippen molar-refractivity contribution in [2.45, 2.75) is 18.7 Å². The van der Waals surface area contributed by atoms with Gasteiger partial charge in [-0.05, 0) is 74.1 Å². The largest absolute Gasteiger partial charge is 0.332 e. The van der Waals surface area contributed by atoms with Gasteiger partial charge < -0.3 is 10.6 Å². The highest BCUT2D eigenvalue weighted by Crippen LogP contribution is 2.19. The van der Waals surface area contributed by atoms with Crippen LogP contribution >= 0.6 is 12.2 Å². The average molecular weight is 412 g/mol. The molecule has 144 valence electrons. The van der Waals surface area contributed by atoms with Gasteiger partial charge in [0.05, 0.1) is 4.90 Å². The molecule has 0 radical (unpaired) electrons. The molecule has 0 aromatic heterocycles. The Kier molecular flexibility index (Phi) is 5.96. The Bertz CT molecular complexity index is 1080. The zero-order valence-corrected chi connectivity index (χ0v) is 17.2. The highest BCUT2D eigenvalue weighted by Gasteiger charge is 2.13. The molecule has 3 aromatic carbocycles. The van der Waals surface area contributed by atoms with E-state index in [9.17, 15) is 8.42 Å². The molecule has 0 aliphatic heterocycles. The zero-order chi connectivity index (χ0) is 20.1. The smallest absolute Gasteiger partial charge is 0.261 e. The first-order chi connectivity index (χ1) is 13.3. The van der Waals surface area contributed by atoms with E-state index in [2.05, 4.69) is 15.4 Å². The molecule has 0 spiro atoms. The summed E-state index contributed by atoms with van der Waals surface area (Å²) in [4.78, 5) is 0.226. The Morgan fingerprint density at radius 3 is 2.04 bits per heavy atom. The van der Waals surface area contributed by atoms with E-state index in [0.717, 1.165) is 22.5 Å². The summed E-state index contributed by atoms with van der Waals surface area (Å²) in [5.74, 6) is 0. The topological polar surface area (TPSA) is 70.2 Å². The van der Waals surface area contributed by atoms with Crippen molar-refractivity contribution in [2.75, 3.05) is 15.4 Å². The van der Waals surface area contributed by atoms with E-state index in [0.29, 0.717) is 10.8 Å². The van der Waals surface area contributed by atoms with Crippen LogP contribution < -0.4 is 15.4 Å². The van der Waals surface area contributed by atoms with E-state index in [1.54, 1.807) is 48.5 Å². The van der Waals surface area contributed by atoms with Crippen LogP contribution in [0.5, 0.6) is 0 Å². The van der Waals surface area contributed by atoms with Crippen molar-refractivity contribution in [3.05, 3.63) is 83.9 Å². The van der Waals surface area contributed by atoms with Crippen LogP contribution in [0.3, 0.4) is 0 Å². The number of thiocarbonyl (C=S) groups is 1. The molecule has 5 nitrogen and oxygen atoms in total. The van der Waals surface area contributed by atoms with Crippen LogP contribution in [0.25, 0.3) is 0 Å². The Morgan fingerprint density at radius 2 is 1.39 bits per heavy atom. The Balaban J connectivity index is 1.64. The third-order valence-corrected chi connectivity index (χ3v) is 5.72. The molecule has 0 amide bonds. The van der Waals surface area contributed by atoms with Crippen molar-refractivity contribution in [2.24, 2.45) is 0 Å². The number of benzene rings is 3. The van der Waals surface area contributed by atoms with Crippen molar-refractivity contribution in [1.29, 1.82) is 0 Å². The summed E-state index contributed by atoms with van der Waals surface area (Å²) in [5.41, 5.74) is 4.26. The second-order valence-electron chi connectivity index (χ2n) is 6.39. The maximum atomic E-state index is 12.5. The standard InChI is InChI=1S/C21H21N3O2S2/c1-15-7-13-19(14-8-15)28(25,26)24-18-11-9-17(10-12-18)22-21(27)23-20-6-4-3-5-16(20)2/h3-14,24H,1-2H3,(H2,22,23,27). The molecule has 0 saturated heterocycles. The molecule has 0 atom stereocenters. The fourth-order valence-corrected chi connectivity index (χ4v) is 3.84. The molecule has 0 unspecified atom stereocenters. The summed E-state index contributed by atoms with van der Waals surface area (Å²) in [6.07, 6.45) is 0. The first-order valence-corrected chi connectivity index (χ1v) is 10.6. The predicted octanol–water partition coefficient (Wildman–Crippen LogP) is 4.91. The van der Waals surface area contributed by atoms with Gasteiger partial charge in [-0.2, -0.15) is 0 Å². The fourth-order valence-electron chi connectivity index (χ4n) is 2.55. The van der Waals surface area contributed by atoms with Crippen LogP contribution in [0, 0.1) is 13.8 Å². The van der Waals surface area contributed by atoms with E-state index >= 15 is 0 Å². The van der Waals surface area contributed by atoms with Crippen molar-refractivity contribution in [3.63, 3.8) is 0 Å². The minimum absolute atomic E-state index is 0.226. The SMILES string of the molecule is Cc1ccc(S(=O)(=O)Nc2ccc(NC(=S)Nc3ccccc3C)cc2)cc1. The minimum Gasteiger partial charge on any atom is -0.332 e. The maximum absolute atomic E-state index is 12.5. The molecule has 3 rings (SSSR count). The van der Waals surface area contributed by atoms with Crippen molar-refractivity contribution in [3.8, 4) is 0 Å². The summed E-state index contributed by atoms with van der Waals surface area (Å²) >= 11 is 5.34. The Labute approximate surface area is 170 Å². The van der Waals surface area contributed by atoms with E-state index in [1.165, 1.54) is 0 Å². The molecule has 0 aliphatic carbocycles. The molecule has 0 aliphatic rings. The van der Waals surface area contributed by atoms with E-state index in [-0.39, 0.29) is 4.90 Å². The number of para-hydroxylation sites is 1. The number of aryl methyl sites for hydroxylation is 2. The third-order valence-electron chi connectivity index (χ3n) is 4.12. The molecular weight excluding hydrogens is 390 g/mol. The quantitative estimate of drug-likeness (QED) is 0.520. The van der Waals surface area contributed by atoms with E-state index in [4.69, 9.17) is 12.2 Å². The molecule has 3 aromatic rings. The summed E-state index contributed by atoms with van der Waals surface area (Å²) < 4.78 is 27.5. The van der Waals surface area contributed by atoms with Crippen molar-refractivity contribution in [1.82, 2.24) is 0 Å². The lowest BCUT2D eigenvalue weighted by Crippen LogP contribution is -2.19. The normalized spacial score (nSPS) is 10.9. The van der Waals surface area contributed by atoms with Crippen molar-refractivity contribution < 1.29 is 8.42 Å². The van der Waals surface area contributed by atoms with Gasteiger partial charge in [0.15, 0.2) is 5.11 Å². The van der Waals surface area contributed by atoms with Gasteiger partial charge in [-0.25, -0.2) is 8.42 Å². The maximum Gasteiger partial charge on any atom is 0.261 e. The predicted molar refractivity (Wildman–Crippen MR) is 119 cm³/mol. The monoisotopic (exact) mass is 411 g/mol.